The van der Waals surface area contributed by atoms with E-state index in [1.807, 2.05) is 6.20 Å². The largest absolute Gasteiger partial charge is 0.368 e. The molecule has 4 nitrogen and oxygen atoms in total. The molecule has 0 bridgehead atoms. The van der Waals surface area contributed by atoms with Crippen molar-refractivity contribution in [3.05, 3.63) is 18.2 Å². The van der Waals surface area contributed by atoms with Crippen molar-refractivity contribution < 1.29 is 4.74 Å². The lowest BCUT2D eigenvalue weighted by Gasteiger charge is -2.11. The topological polar surface area (TPSA) is 63.9 Å². The first kappa shape index (κ1) is 7.53. The Bertz CT molecular complexity index is 286. The van der Waals surface area contributed by atoms with Crippen molar-refractivity contribution >= 4 is 0 Å². The highest BCUT2D eigenvalue weighted by Crippen LogP contribution is 2.55. The highest BCUT2D eigenvalue weighted by molar-refractivity contribution is 5.11. The van der Waals surface area contributed by atoms with E-state index < -0.39 is 0 Å². The van der Waals surface area contributed by atoms with Gasteiger partial charge in [-0.1, -0.05) is 0 Å². The molecule has 2 fully saturated rings. The molecule has 1 aliphatic heterocycles. The van der Waals surface area contributed by atoms with E-state index in [1.165, 1.54) is 0 Å². The number of rotatable bonds is 2. The fourth-order valence-electron chi connectivity index (χ4n) is 2.36. The Hall–Kier alpha value is -0.870. The average Bonchev–Trinajstić information content (AvgIpc) is 2.68. The van der Waals surface area contributed by atoms with Gasteiger partial charge in [0, 0.05) is 5.92 Å². The Morgan fingerprint density at radius 1 is 1.69 bits per heavy atom. The van der Waals surface area contributed by atoms with E-state index in [1.54, 1.807) is 6.33 Å². The minimum absolute atomic E-state index is 0.236. The van der Waals surface area contributed by atoms with Gasteiger partial charge in [0.1, 0.15) is 0 Å². The zero-order valence-electron chi connectivity index (χ0n) is 7.31. The van der Waals surface area contributed by atoms with Gasteiger partial charge in [0.25, 0.3) is 0 Å². The average molecular weight is 179 g/mol. The maximum Gasteiger partial charge on any atom is 0.0996 e. The Morgan fingerprint density at radius 3 is 3.15 bits per heavy atom. The van der Waals surface area contributed by atoms with Gasteiger partial charge in [-0.05, 0) is 18.9 Å². The molecule has 0 aromatic carbocycles. The minimum Gasteiger partial charge on any atom is -0.368 e. The van der Waals surface area contributed by atoms with E-state index >= 15 is 0 Å². The van der Waals surface area contributed by atoms with Crippen LogP contribution in [0.3, 0.4) is 0 Å². The molecule has 3 N–H and O–H groups in total. The van der Waals surface area contributed by atoms with E-state index in [0.29, 0.717) is 17.9 Å². The molecule has 2 heterocycles. The molecule has 1 aromatic rings. The SMILES string of the molecule is NC[C@H]1[C@@H]2C[C@H](c3cnc[nH]3)O[C@H]12. The summed E-state index contributed by atoms with van der Waals surface area (Å²) in [5, 5.41) is 0. The number of H-pyrrole nitrogens is 1. The first-order valence-corrected chi connectivity index (χ1v) is 4.74. The van der Waals surface area contributed by atoms with Gasteiger partial charge in [-0.25, -0.2) is 4.98 Å². The number of aromatic amines is 1. The number of ether oxygens (including phenoxy) is 1. The van der Waals surface area contributed by atoms with Gasteiger partial charge in [0.2, 0.25) is 0 Å². The molecule has 4 heteroatoms. The monoisotopic (exact) mass is 179 g/mol. The van der Waals surface area contributed by atoms with Crippen molar-refractivity contribution in [1.29, 1.82) is 0 Å². The third kappa shape index (κ3) is 1.02. The smallest absolute Gasteiger partial charge is 0.0996 e. The van der Waals surface area contributed by atoms with Crippen LogP contribution in [0.4, 0.5) is 0 Å². The number of fused-ring (bicyclic) bond motifs is 1. The van der Waals surface area contributed by atoms with Crippen LogP contribution in [-0.4, -0.2) is 22.6 Å². The van der Waals surface area contributed by atoms with Crippen LogP contribution in [0.1, 0.15) is 18.2 Å². The van der Waals surface area contributed by atoms with Crippen molar-refractivity contribution in [1.82, 2.24) is 9.97 Å². The number of nitrogens with one attached hydrogen (secondary N) is 1. The lowest BCUT2D eigenvalue weighted by atomic mass is 10.1. The first-order chi connectivity index (χ1) is 6.40. The normalized spacial score (nSPS) is 41.9. The van der Waals surface area contributed by atoms with Gasteiger partial charge in [0.15, 0.2) is 0 Å². The first-order valence-electron chi connectivity index (χ1n) is 4.74. The molecule has 1 aliphatic carbocycles. The summed E-state index contributed by atoms with van der Waals surface area (Å²) in [6.07, 6.45) is 5.31. The molecular formula is C9H13N3O. The zero-order valence-corrected chi connectivity index (χ0v) is 7.31. The third-order valence-electron chi connectivity index (χ3n) is 3.20. The molecule has 4 atom stereocenters. The summed E-state index contributed by atoms with van der Waals surface area (Å²) < 4.78 is 5.83. The van der Waals surface area contributed by atoms with Gasteiger partial charge < -0.3 is 15.5 Å². The van der Waals surface area contributed by atoms with Crippen molar-refractivity contribution in [2.24, 2.45) is 17.6 Å². The van der Waals surface area contributed by atoms with Crippen LogP contribution in [0.15, 0.2) is 12.5 Å². The van der Waals surface area contributed by atoms with E-state index in [2.05, 4.69) is 9.97 Å². The minimum atomic E-state index is 0.236. The van der Waals surface area contributed by atoms with E-state index in [4.69, 9.17) is 10.5 Å². The molecule has 1 aromatic heterocycles. The summed E-state index contributed by atoms with van der Waals surface area (Å²) in [6, 6.07) is 0. The maximum atomic E-state index is 5.83. The van der Waals surface area contributed by atoms with Gasteiger partial charge in [-0.3, -0.25) is 0 Å². The number of imidazole rings is 1. The molecule has 13 heavy (non-hydrogen) atoms. The predicted molar refractivity (Wildman–Crippen MR) is 46.9 cm³/mol. The van der Waals surface area contributed by atoms with Crippen LogP contribution < -0.4 is 5.73 Å². The number of hydrogen-bond acceptors (Lipinski definition) is 3. The van der Waals surface area contributed by atoms with Crippen molar-refractivity contribution in [3.63, 3.8) is 0 Å². The standard InChI is InChI=1S/C9H13N3O/c10-2-6-5-1-8(13-9(5)6)7-3-11-4-12-7/h3-6,8-9H,1-2,10H2,(H,11,12)/t5-,6-,8+,9-/m0/s1. The maximum absolute atomic E-state index is 5.83. The van der Waals surface area contributed by atoms with Crippen LogP contribution in [0.25, 0.3) is 0 Å². The van der Waals surface area contributed by atoms with Crippen LogP contribution in [0.5, 0.6) is 0 Å². The molecule has 3 rings (SSSR count). The van der Waals surface area contributed by atoms with Crippen molar-refractivity contribution in [3.8, 4) is 0 Å². The molecular weight excluding hydrogens is 166 g/mol. The molecule has 0 spiro atoms. The molecule has 1 saturated heterocycles. The van der Waals surface area contributed by atoms with Crippen LogP contribution in [0, 0.1) is 11.8 Å². The predicted octanol–water partition coefficient (Wildman–Crippen LogP) is 0.444. The van der Waals surface area contributed by atoms with Crippen LogP contribution in [-0.2, 0) is 4.74 Å². The number of hydrogen-bond donors (Lipinski definition) is 2. The Labute approximate surface area is 76.5 Å². The van der Waals surface area contributed by atoms with Crippen molar-refractivity contribution in [2.45, 2.75) is 18.6 Å². The van der Waals surface area contributed by atoms with Crippen molar-refractivity contribution in [2.75, 3.05) is 6.54 Å². The van der Waals surface area contributed by atoms with Gasteiger partial charge in [0.05, 0.1) is 30.4 Å². The second kappa shape index (κ2) is 2.56. The molecule has 1 saturated carbocycles. The summed E-state index contributed by atoms with van der Waals surface area (Å²) in [5.41, 5.74) is 6.69. The summed E-state index contributed by atoms with van der Waals surface area (Å²) in [6.45, 7) is 0.769. The van der Waals surface area contributed by atoms with Gasteiger partial charge in [-0.15, -0.1) is 0 Å². The highest BCUT2D eigenvalue weighted by Gasteiger charge is 2.57. The third-order valence-corrected chi connectivity index (χ3v) is 3.20. The summed E-state index contributed by atoms with van der Waals surface area (Å²) in [4.78, 5) is 7.07. The number of nitrogens with zero attached hydrogens (tertiary/aromatic N) is 1. The quantitative estimate of drug-likeness (QED) is 0.692. The summed E-state index contributed by atoms with van der Waals surface area (Å²) in [5.74, 6) is 1.33. The fourth-order valence-corrected chi connectivity index (χ4v) is 2.36. The number of aromatic nitrogens is 2. The number of nitrogens with two attached hydrogens (primary N) is 1. The Balaban J connectivity index is 1.68. The molecule has 70 valence electrons. The van der Waals surface area contributed by atoms with E-state index in [9.17, 15) is 0 Å². The second-order valence-corrected chi connectivity index (χ2v) is 3.90. The van der Waals surface area contributed by atoms with Gasteiger partial charge >= 0.3 is 0 Å². The molecule has 0 radical (unpaired) electrons. The Kier molecular flexibility index (Phi) is 1.48. The Morgan fingerprint density at radius 2 is 2.62 bits per heavy atom. The lowest BCUT2D eigenvalue weighted by molar-refractivity contribution is 0.0575. The lowest BCUT2D eigenvalue weighted by Crippen LogP contribution is -2.11. The van der Waals surface area contributed by atoms with Crippen LogP contribution in [0.2, 0.25) is 0 Å². The van der Waals surface area contributed by atoms with Crippen LogP contribution >= 0.6 is 0 Å². The molecule has 2 aliphatic rings. The van der Waals surface area contributed by atoms with E-state index in [-0.39, 0.29) is 6.10 Å². The molecule has 0 amide bonds. The van der Waals surface area contributed by atoms with E-state index in [0.717, 1.165) is 18.7 Å². The second-order valence-electron chi connectivity index (χ2n) is 3.90. The summed E-state index contributed by atoms with van der Waals surface area (Å²) >= 11 is 0. The fraction of sp³-hybridized carbons (Fsp3) is 0.667. The highest BCUT2D eigenvalue weighted by atomic mass is 16.5. The zero-order chi connectivity index (χ0) is 8.84. The summed E-state index contributed by atoms with van der Waals surface area (Å²) in [7, 11) is 0. The molecule has 0 unspecified atom stereocenters. The van der Waals surface area contributed by atoms with Gasteiger partial charge in [-0.2, -0.15) is 0 Å².